The van der Waals surface area contributed by atoms with Gasteiger partial charge in [0.05, 0.1) is 0 Å². The van der Waals surface area contributed by atoms with Crippen molar-refractivity contribution in [2.75, 3.05) is 0 Å². The number of unbranched alkanes of at least 4 members (excludes halogenated alkanes) is 4. The third-order valence-electron chi connectivity index (χ3n) is 6.83. The van der Waals surface area contributed by atoms with Gasteiger partial charge < -0.3 is 5.11 Å². The van der Waals surface area contributed by atoms with Crippen LogP contribution in [0.15, 0.2) is 18.2 Å². The van der Waals surface area contributed by atoms with Gasteiger partial charge in [0.25, 0.3) is 0 Å². The van der Waals surface area contributed by atoms with Crippen LogP contribution in [-0.2, 0) is 12.8 Å². The smallest absolute Gasteiger partial charge is 0.119 e. The Bertz CT molecular complexity index is 551. The maximum Gasteiger partial charge on any atom is 0.119 e. The molecule has 0 aliphatic heterocycles. The predicted octanol–water partition coefficient (Wildman–Crippen LogP) is 7.20. The first-order valence-corrected chi connectivity index (χ1v) is 10.8. The molecule has 0 spiro atoms. The molecule has 1 N–H and O–H groups in total. The summed E-state index contributed by atoms with van der Waals surface area (Å²) in [7, 11) is 0. The van der Waals surface area contributed by atoms with Crippen LogP contribution in [0.5, 0.6) is 5.75 Å². The third-order valence-corrected chi connectivity index (χ3v) is 6.83. The van der Waals surface area contributed by atoms with Crippen LogP contribution in [0.2, 0.25) is 0 Å². The summed E-state index contributed by atoms with van der Waals surface area (Å²) in [6.07, 6.45) is 18.6. The molecular formula is C24H38O. The number of benzene rings is 1. The standard InChI is InChI=1S/C24H38O/c1-23(15-16-23)13-7-4-3-5-9-20-11-12-21(22(25)19-20)10-6-8-14-24(2)17-18-24/h11-12,19,25H,3-10,13-18H2,1-2H3. The number of rotatable bonds is 12. The minimum Gasteiger partial charge on any atom is -0.508 e. The second-order valence-electron chi connectivity index (χ2n) is 9.71. The second-order valence-corrected chi connectivity index (χ2v) is 9.71. The van der Waals surface area contributed by atoms with Gasteiger partial charge in [0.1, 0.15) is 5.75 Å². The molecule has 2 aliphatic rings. The Morgan fingerprint density at radius 2 is 1.32 bits per heavy atom. The number of phenols is 1. The van der Waals surface area contributed by atoms with Gasteiger partial charge in [-0.05, 0) is 92.2 Å². The lowest BCUT2D eigenvalue weighted by molar-refractivity contribution is 0.458. The average Bonchev–Trinajstić information content (AvgIpc) is 3.49. The second kappa shape index (κ2) is 8.14. The molecule has 3 rings (SSSR count). The lowest BCUT2D eigenvalue weighted by atomic mass is 9.97. The zero-order valence-electron chi connectivity index (χ0n) is 16.6. The van der Waals surface area contributed by atoms with Crippen LogP contribution in [-0.4, -0.2) is 5.11 Å². The van der Waals surface area contributed by atoms with Gasteiger partial charge in [-0.2, -0.15) is 0 Å². The molecule has 1 nitrogen and oxygen atoms in total. The summed E-state index contributed by atoms with van der Waals surface area (Å²) in [5.74, 6) is 0.525. The fraction of sp³-hybridized carbons (Fsp3) is 0.750. The average molecular weight is 343 g/mol. The van der Waals surface area contributed by atoms with Crippen LogP contribution in [0.4, 0.5) is 0 Å². The molecule has 0 aromatic heterocycles. The fourth-order valence-corrected chi connectivity index (χ4v) is 4.00. The van der Waals surface area contributed by atoms with E-state index in [-0.39, 0.29) is 0 Å². The predicted molar refractivity (Wildman–Crippen MR) is 107 cm³/mol. The molecule has 1 heteroatoms. The number of aryl methyl sites for hydroxylation is 2. The molecule has 0 radical (unpaired) electrons. The van der Waals surface area contributed by atoms with Crippen LogP contribution < -0.4 is 0 Å². The van der Waals surface area contributed by atoms with Gasteiger partial charge >= 0.3 is 0 Å². The van der Waals surface area contributed by atoms with Crippen LogP contribution in [0.3, 0.4) is 0 Å². The molecule has 0 bridgehead atoms. The third kappa shape index (κ3) is 6.35. The molecular weight excluding hydrogens is 304 g/mol. The lowest BCUT2D eigenvalue weighted by Gasteiger charge is -2.10. The van der Waals surface area contributed by atoms with E-state index in [1.54, 1.807) is 0 Å². The Labute approximate surface area is 155 Å². The molecule has 0 heterocycles. The van der Waals surface area contributed by atoms with E-state index >= 15 is 0 Å². The summed E-state index contributed by atoms with van der Waals surface area (Å²) in [5.41, 5.74) is 3.84. The zero-order valence-corrected chi connectivity index (χ0v) is 16.6. The molecule has 0 unspecified atom stereocenters. The Hall–Kier alpha value is -0.980. The minimum absolute atomic E-state index is 0.525. The Balaban J connectivity index is 1.29. The van der Waals surface area contributed by atoms with Crippen LogP contribution >= 0.6 is 0 Å². The van der Waals surface area contributed by atoms with E-state index in [1.165, 1.54) is 82.6 Å². The van der Waals surface area contributed by atoms with E-state index in [0.717, 1.165) is 23.8 Å². The molecule has 2 fully saturated rings. The summed E-state index contributed by atoms with van der Waals surface area (Å²) >= 11 is 0. The molecule has 140 valence electrons. The molecule has 2 aliphatic carbocycles. The summed E-state index contributed by atoms with van der Waals surface area (Å²) in [6, 6.07) is 6.42. The van der Waals surface area contributed by atoms with Gasteiger partial charge in [-0.25, -0.2) is 0 Å². The van der Waals surface area contributed by atoms with Crippen molar-refractivity contribution in [3.05, 3.63) is 29.3 Å². The van der Waals surface area contributed by atoms with Crippen molar-refractivity contribution in [2.24, 2.45) is 10.8 Å². The van der Waals surface area contributed by atoms with Gasteiger partial charge in [-0.3, -0.25) is 0 Å². The highest BCUT2D eigenvalue weighted by molar-refractivity contribution is 5.36. The molecule has 1 aromatic rings. The molecule has 0 atom stereocenters. The van der Waals surface area contributed by atoms with Crippen LogP contribution in [0, 0.1) is 10.8 Å². The summed E-state index contributed by atoms with van der Waals surface area (Å²) in [5, 5.41) is 10.3. The van der Waals surface area contributed by atoms with E-state index in [4.69, 9.17) is 0 Å². The monoisotopic (exact) mass is 342 g/mol. The van der Waals surface area contributed by atoms with E-state index in [9.17, 15) is 5.11 Å². The summed E-state index contributed by atoms with van der Waals surface area (Å²) < 4.78 is 0. The first-order valence-electron chi connectivity index (χ1n) is 10.8. The number of aromatic hydroxyl groups is 1. The van der Waals surface area contributed by atoms with Gasteiger partial charge in [-0.1, -0.05) is 51.7 Å². The Morgan fingerprint density at radius 3 is 1.92 bits per heavy atom. The maximum atomic E-state index is 10.3. The first-order chi connectivity index (χ1) is 12.0. The highest BCUT2D eigenvalue weighted by Crippen LogP contribution is 2.49. The van der Waals surface area contributed by atoms with Crippen molar-refractivity contribution in [2.45, 2.75) is 104 Å². The normalized spacial score (nSPS) is 19.8. The number of phenolic OH excluding ortho intramolecular Hbond substituents is 1. The van der Waals surface area contributed by atoms with Gasteiger partial charge in [0, 0.05) is 0 Å². The maximum absolute atomic E-state index is 10.3. The van der Waals surface area contributed by atoms with E-state index in [0.29, 0.717) is 11.2 Å². The van der Waals surface area contributed by atoms with Crippen molar-refractivity contribution < 1.29 is 5.11 Å². The highest BCUT2D eigenvalue weighted by Gasteiger charge is 2.36. The quantitative estimate of drug-likeness (QED) is 0.398. The Kier molecular flexibility index (Phi) is 6.12. The molecule has 1 aromatic carbocycles. The largest absolute Gasteiger partial charge is 0.508 e. The number of hydrogen-bond acceptors (Lipinski definition) is 1. The van der Waals surface area contributed by atoms with Crippen LogP contribution in [0.25, 0.3) is 0 Å². The molecule has 2 saturated carbocycles. The van der Waals surface area contributed by atoms with E-state index < -0.39 is 0 Å². The highest BCUT2D eigenvalue weighted by atomic mass is 16.3. The van der Waals surface area contributed by atoms with Crippen molar-refractivity contribution in [1.82, 2.24) is 0 Å². The minimum atomic E-state index is 0.525. The van der Waals surface area contributed by atoms with Crippen molar-refractivity contribution in [3.63, 3.8) is 0 Å². The lowest BCUT2D eigenvalue weighted by Crippen LogP contribution is -1.95. The van der Waals surface area contributed by atoms with E-state index in [1.807, 2.05) is 6.07 Å². The SMILES string of the molecule is CC1(CCCCCCc2ccc(CCCCC3(C)CC3)c(O)c2)CC1. The van der Waals surface area contributed by atoms with Gasteiger partial charge in [-0.15, -0.1) is 0 Å². The van der Waals surface area contributed by atoms with Crippen LogP contribution in [0.1, 0.15) is 102 Å². The molecule has 25 heavy (non-hydrogen) atoms. The molecule has 0 saturated heterocycles. The van der Waals surface area contributed by atoms with Crippen molar-refractivity contribution in [1.29, 1.82) is 0 Å². The summed E-state index contributed by atoms with van der Waals surface area (Å²) in [4.78, 5) is 0. The first kappa shape index (κ1) is 18.8. The topological polar surface area (TPSA) is 20.2 Å². The van der Waals surface area contributed by atoms with Crippen molar-refractivity contribution in [3.8, 4) is 5.75 Å². The van der Waals surface area contributed by atoms with Gasteiger partial charge in [0.15, 0.2) is 0 Å². The summed E-state index contributed by atoms with van der Waals surface area (Å²) in [6.45, 7) is 4.84. The number of hydrogen-bond donors (Lipinski definition) is 1. The molecule has 0 amide bonds. The van der Waals surface area contributed by atoms with Crippen molar-refractivity contribution >= 4 is 0 Å². The van der Waals surface area contributed by atoms with E-state index in [2.05, 4.69) is 26.0 Å². The zero-order chi connectivity index (χ0) is 17.8. The fourth-order valence-electron chi connectivity index (χ4n) is 4.00. The Morgan fingerprint density at radius 1 is 0.760 bits per heavy atom. The van der Waals surface area contributed by atoms with Gasteiger partial charge in [0.2, 0.25) is 0 Å².